The Hall–Kier alpha value is -3.87. The zero-order valence-electron chi connectivity index (χ0n) is 15.6. The molecule has 3 N–H and O–H groups in total. The topological polar surface area (TPSA) is 118 Å². The summed E-state index contributed by atoms with van der Waals surface area (Å²) in [5.41, 5.74) is 1.14. The fraction of sp³-hybridized carbons (Fsp3) is 0.0476. The Bertz CT molecular complexity index is 1190. The maximum absolute atomic E-state index is 12.5. The highest BCUT2D eigenvalue weighted by Crippen LogP contribution is 2.17. The number of anilines is 2. The van der Waals surface area contributed by atoms with Crippen LogP contribution in [0.3, 0.4) is 0 Å². The number of sulfonamides is 1. The minimum Gasteiger partial charge on any atom is -0.459 e. The van der Waals surface area contributed by atoms with E-state index in [1.54, 1.807) is 36.4 Å². The first-order valence-electron chi connectivity index (χ1n) is 8.68. The molecule has 8 nitrogen and oxygen atoms in total. The SMILES string of the molecule is C#CCNS(=O)(=O)c1cccc(C(=O)Nc2ccc(NC(=O)c3ccco3)cc2)c1. The minimum absolute atomic E-state index is 0.0682. The number of terminal acetylenes is 1. The lowest BCUT2D eigenvalue weighted by Crippen LogP contribution is -2.24. The van der Waals surface area contributed by atoms with E-state index < -0.39 is 21.8 Å². The van der Waals surface area contributed by atoms with Gasteiger partial charge in [-0.25, -0.2) is 8.42 Å². The van der Waals surface area contributed by atoms with Crippen LogP contribution in [0.5, 0.6) is 0 Å². The molecule has 0 aliphatic carbocycles. The summed E-state index contributed by atoms with van der Waals surface area (Å²) in [6, 6.07) is 15.2. The first kappa shape index (κ1) is 20.9. The minimum atomic E-state index is -3.81. The lowest BCUT2D eigenvalue weighted by molar-refractivity contribution is 0.0994. The predicted octanol–water partition coefficient (Wildman–Crippen LogP) is 2.70. The molecule has 0 unspecified atom stereocenters. The van der Waals surface area contributed by atoms with Gasteiger partial charge in [0, 0.05) is 16.9 Å². The Balaban J connectivity index is 1.67. The van der Waals surface area contributed by atoms with Crippen LogP contribution in [0.2, 0.25) is 0 Å². The zero-order chi connectivity index (χ0) is 21.6. The molecule has 1 aromatic heterocycles. The summed E-state index contributed by atoms with van der Waals surface area (Å²) in [5.74, 6) is 1.48. The summed E-state index contributed by atoms with van der Waals surface area (Å²) in [4.78, 5) is 24.4. The molecule has 0 spiro atoms. The lowest BCUT2D eigenvalue weighted by atomic mass is 10.2. The van der Waals surface area contributed by atoms with Gasteiger partial charge in [0.05, 0.1) is 17.7 Å². The molecule has 0 fully saturated rings. The van der Waals surface area contributed by atoms with E-state index in [2.05, 4.69) is 21.3 Å². The molecule has 1 heterocycles. The maximum Gasteiger partial charge on any atom is 0.291 e. The lowest BCUT2D eigenvalue weighted by Gasteiger charge is -2.09. The number of furan rings is 1. The van der Waals surface area contributed by atoms with Gasteiger partial charge in [-0.2, -0.15) is 4.72 Å². The third-order valence-corrected chi connectivity index (χ3v) is 5.32. The zero-order valence-corrected chi connectivity index (χ0v) is 16.4. The van der Waals surface area contributed by atoms with Crippen LogP contribution in [0.25, 0.3) is 0 Å². The summed E-state index contributed by atoms with van der Waals surface area (Å²) in [6.45, 7) is -0.151. The van der Waals surface area contributed by atoms with Crippen LogP contribution in [0.15, 0.2) is 76.2 Å². The van der Waals surface area contributed by atoms with E-state index in [0.29, 0.717) is 11.4 Å². The highest BCUT2D eigenvalue weighted by Gasteiger charge is 2.16. The van der Waals surface area contributed by atoms with E-state index in [1.165, 1.54) is 30.5 Å². The number of hydrogen-bond donors (Lipinski definition) is 3. The molecule has 0 aliphatic rings. The molecule has 2 aromatic carbocycles. The predicted molar refractivity (Wildman–Crippen MR) is 112 cm³/mol. The molecule has 0 atom stereocenters. The van der Waals surface area contributed by atoms with E-state index >= 15 is 0 Å². The summed E-state index contributed by atoms with van der Waals surface area (Å²) < 4.78 is 31.6. The van der Waals surface area contributed by atoms with Crippen LogP contribution >= 0.6 is 0 Å². The van der Waals surface area contributed by atoms with Crippen LogP contribution in [-0.2, 0) is 10.0 Å². The normalized spacial score (nSPS) is 10.8. The van der Waals surface area contributed by atoms with E-state index in [4.69, 9.17) is 10.8 Å². The molecule has 9 heteroatoms. The number of rotatable bonds is 7. The van der Waals surface area contributed by atoms with Gasteiger partial charge in [-0.1, -0.05) is 12.0 Å². The van der Waals surface area contributed by atoms with Gasteiger partial charge >= 0.3 is 0 Å². The second-order valence-corrected chi connectivity index (χ2v) is 7.79. The van der Waals surface area contributed by atoms with Gasteiger partial charge in [-0.15, -0.1) is 6.42 Å². The van der Waals surface area contributed by atoms with E-state index in [-0.39, 0.29) is 22.8 Å². The van der Waals surface area contributed by atoms with Crippen LogP contribution < -0.4 is 15.4 Å². The number of nitrogens with one attached hydrogen (secondary N) is 3. The van der Waals surface area contributed by atoms with Crippen molar-refractivity contribution in [2.75, 3.05) is 17.2 Å². The molecular formula is C21H17N3O5S. The number of carbonyl (C=O) groups is 2. The van der Waals surface area contributed by atoms with Crippen molar-refractivity contribution in [1.29, 1.82) is 0 Å². The Morgan fingerprint density at radius 2 is 1.60 bits per heavy atom. The second kappa shape index (κ2) is 9.09. The number of amides is 2. The molecular weight excluding hydrogens is 406 g/mol. The average Bonchev–Trinajstić information content (AvgIpc) is 3.29. The first-order chi connectivity index (χ1) is 14.4. The van der Waals surface area contributed by atoms with Crippen LogP contribution in [0, 0.1) is 12.3 Å². The summed E-state index contributed by atoms with van der Waals surface area (Å²) >= 11 is 0. The molecule has 2 amide bonds. The van der Waals surface area contributed by atoms with Crippen molar-refractivity contribution in [2.24, 2.45) is 0 Å². The molecule has 0 aliphatic heterocycles. The fourth-order valence-electron chi connectivity index (χ4n) is 2.47. The van der Waals surface area contributed by atoms with Gasteiger partial charge in [0.2, 0.25) is 10.0 Å². The van der Waals surface area contributed by atoms with Gasteiger partial charge in [-0.05, 0) is 54.6 Å². The van der Waals surface area contributed by atoms with E-state index in [9.17, 15) is 18.0 Å². The van der Waals surface area contributed by atoms with Gasteiger partial charge in [0.1, 0.15) is 0 Å². The number of hydrogen-bond acceptors (Lipinski definition) is 5. The average molecular weight is 423 g/mol. The fourth-order valence-corrected chi connectivity index (χ4v) is 3.44. The second-order valence-electron chi connectivity index (χ2n) is 6.02. The van der Waals surface area contributed by atoms with Crippen molar-refractivity contribution in [2.45, 2.75) is 4.90 Å². The van der Waals surface area contributed by atoms with Crippen molar-refractivity contribution < 1.29 is 22.4 Å². The largest absolute Gasteiger partial charge is 0.459 e. The van der Waals surface area contributed by atoms with Crippen molar-refractivity contribution in [1.82, 2.24) is 4.72 Å². The van der Waals surface area contributed by atoms with Crippen LogP contribution in [0.1, 0.15) is 20.9 Å². The number of benzene rings is 2. The van der Waals surface area contributed by atoms with Gasteiger partial charge in [-0.3, -0.25) is 9.59 Å². The molecule has 0 saturated carbocycles. The number of carbonyl (C=O) groups excluding carboxylic acids is 2. The third-order valence-electron chi connectivity index (χ3n) is 3.92. The Morgan fingerprint density at radius 1 is 0.933 bits per heavy atom. The molecule has 3 rings (SSSR count). The van der Waals surface area contributed by atoms with Crippen molar-refractivity contribution in [3.63, 3.8) is 0 Å². The molecule has 0 bridgehead atoms. The van der Waals surface area contributed by atoms with Gasteiger partial charge < -0.3 is 15.1 Å². The molecule has 0 saturated heterocycles. The highest BCUT2D eigenvalue weighted by molar-refractivity contribution is 7.89. The highest BCUT2D eigenvalue weighted by atomic mass is 32.2. The van der Waals surface area contributed by atoms with Crippen molar-refractivity contribution >= 4 is 33.2 Å². The molecule has 30 heavy (non-hydrogen) atoms. The van der Waals surface area contributed by atoms with Gasteiger partial charge in [0.15, 0.2) is 5.76 Å². The third kappa shape index (κ3) is 5.14. The van der Waals surface area contributed by atoms with E-state index in [0.717, 1.165) is 0 Å². The van der Waals surface area contributed by atoms with Crippen LogP contribution in [-0.4, -0.2) is 26.8 Å². The molecule has 0 radical (unpaired) electrons. The monoisotopic (exact) mass is 423 g/mol. The first-order valence-corrected chi connectivity index (χ1v) is 10.2. The van der Waals surface area contributed by atoms with Crippen molar-refractivity contribution in [3.05, 3.63) is 78.3 Å². The maximum atomic E-state index is 12.5. The quantitative estimate of drug-likeness (QED) is 0.505. The smallest absolute Gasteiger partial charge is 0.291 e. The molecule has 152 valence electrons. The summed E-state index contributed by atoms with van der Waals surface area (Å²) in [5, 5.41) is 5.33. The molecule has 3 aromatic rings. The Kier molecular flexibility index (Phi) is 6.32. The summed E-state index contributed by atoms with van der Waals surface area (Å²) in [6.07, 6.45) is 6.47. The summed E-state index contributed by atoms with van der Waals surface area (Å²) in [7, 11) is -3.81. The van der Waals surface area contributed by atoms with Crippen LogP contribution in [0.4, 0.5) is 11.4 Å². The Labute approximate surface area is 173 Å². The van der Waals surface area contributed by atoms with E-state index in [1.807, 2.05) is 0 Å². The van der Waals surface area contributed by atoms with Gasteiger partial charge in [0.25, 0.3) is 11.8 Å². The van der Waals surface area contributed by atoms with Crippen molar-refractivity contribution in [3.8, 4) is 12.3 Å². The standard InChI is InChI=1S/C21H17N3O5S/c1-2-12-22-30(27,28)18-6-3-5-15(14-18)20(25)23-16-8-10-17(11-9-16)24-21(26)19-7-4-13-29-19/h1,3-11,13-14,22H,12H2,(H,23,25)(H,24,26). The Morgan fingerprint density at radius 3 is 2.20 bits per heavy atom.